The molecule has 3 aromatic rings. The van der Waals surface area contributed by atoms with Crippen LogP contribution in [-0.4, -0.2) is 43.3 Å². The fourth-order valence-corrected chi connectivity index (χ4v) is 6.03. The van der Waals surface area contributed by atoms with Crippen LogP contribution in [0.1, 0.15) is 42.8 Å². The van der Waals surface area contributed by atoms with Crippen LogP contribution in [0.5, 0.6) is 0 Å². The number of aromatic nitrogens is 2. The molecule has 1 aromatic heterocycles. The van der Waals surface area contributed by atoms with Crippen molar-refractivity contribution in [2.24, 2.45) is 0 Å². The second kappa shape index (κ2) is 7.79. The monoisotopic (exact) mass is 474 g/mol. The number of nitrogens with one attached hydrogen (secondary N) is 2. The number of carbonyl (C=O) groups is 2. The van der Waals surface area contributed by atoms with Crippen LogP contribution in [0.25, 0.3) is 11.0 Å². The number of rotatable bonds is 4. The van der Waals surface area contributed by atoms with Gasteiger partial charge in [0, 0.05) is 12.2 Å². The number of thioether (sulfide) groups is 1. The number of carbonyl (C=O) groups excluding carboxylic acids is 2. The number of halogens is 3. The third-order valence-corrected chi connectivity index (χ3v) is 7.78. The van der Waals surface area contributed by atoms with Gasteiger partial charge in [0.05, 0.1) is 21.9 Å². The molecule has 172 valence electrons. The minimum atomic E-state index is -4.58. The number of H-pyrrole nitrogens is 1. The fourth-order valence-electron chi connectivity index (χ4n) is 4.60. The Kier molecular flexibility index (Phi) is 5.15. The number of benzene rings is 2. The second-order valence-corrected chi connectivity index (χ2v) is 9.98. The molecular weight excluding hydrogens is 453 g/mol. The average molecular weight is 475 g/mol. The smallest absolute Gasteiger partial charge is 0.343 e. The van der Waals surface area contributed by atoms with E-state index >= 15 is 0 Å². The van der Waals surface area contributed by atoms with E-state index < -0.39 is 24.1 Å². The number of imidazole rings is 1. The zero-order valence-electron chi connectivity index (χ0n) is 17.6. The van der Waals surface area contributed by atoms with E-state index in [0.717, 1.165) is 5.56 Å². The van der Waals surface area contributed by atoms with Gasteiger partial charge >= 0.3 is 6.18 Å². The average Bonchev–Trinajstić information content (AvgIpc) is 3.45. The Labute approximate surface area is 191 Å². The Morgan fingerprint density at radius 3 is 2.73 bits per heavy atom. The lowest BCUT2D eigenvalue weighted by molar-refractivity contribution is -0.144. The fraction of sp³-hybridized carbons (Fsp3) is 0.348. The predicted octanol–water partition coefficient (Wildman–Crippen LogP) is 4.24. The molecule has 2 aliphatic rings. The van der Waals surface area contributed by atoms with E-state index in [0.29, 0.717) is 24.2 Å². The lowest BCUT2D eigenvalue weighted by Gasteiger charge is -2.31. The van der Waals surface area contributed by atoms with Crippen molar-refractivity contribution >= 4 is 34.6 Å². The Bertz CT molecular complexity index is 1230. The van der Waals surface area contributed by atoms with Gasteiger partial charge in [-0.2, -0.15) is 13.2 Å². The molecule has 0 aliphatic carbocycles. The largest absolute Gasteiger partial charge is 0.449 e. The van der Waals surface area contributed by atoms with E-state index in [4.69, 9.17) is 0 Å². The molecule has 3 atom stereocenters. The molecule has 2 saturated heterocycles. The minimum absolute atomic E-state index is 0.0301. The molecule has 0 bridgehead atoms. The van der Waals surface area contributed by atoms with Crippen LogP contribution < -0.4 is 5.32 Å². The van der Waals surface area contributed by atoms with Crippen LogP contribution in [-0.2, 0) is 15.8 Å². The number of fused-ring (bicyclic) bond motifs is 2. The van der Waals surface area contributed by atoms with Gasteiger partial charge in [-0.1, -0.05) is 36.4 Å². The van der Waals surface area contributed by atoms with E-state index in [1.54, 1.807) is 28.8 Å². The molecule has 0 spiro atoms. The van der Waals surface area contributed by atoms with Crippen LogP contribution in [0.2, 0.25) is 0 Å². The Balaban J connectivity index is 1.48. The standard InChI is InChI=1S/C23H21F3N4O2S/c1-22-10-9-18(31)30(22)17(12-33-22)20(32)29-19(13-5-3-2-4-6-13)14-7-8-15-16(11-14)28-21(27-15)23(24,25)26/h2-8,11,17,19H,9-10,12H2,1H3,(H,27,28)(H,29,32)/t17-,19-,22+/m1/s1. The summed E-state index contributed by atoms with van der Waals surface area (Å²) in [5.74, 6) is -0.873. The zero-order chi connectivity index (χ0) is 23.4. The molecule has 2 fully saturated rings. The topological polar surface area (TPSA) is 78.1 Å². The van der Waals surface area contributed by atoms with Crippen molar-refractivity contribution < 1.29 is 22.8 Å². The molecule has 5 rings (SSSR count). The Morgan fingerprint density at radius 2 is 2.00 bits per heavy atom. The maximum absolute atomic E-state index is 13.3. The molecule has 6 nitrogen and oxygen atoms in total. The van der Waals surface area contributed by atoms with Crippen LogP contribution in [0.15, 0.2) is 48.5 Å². The minimum Gasteiger partial charge on any atom is -0.343 e. The normalized spacial score (nSPS) is 23.7. The predicted molar refractivity (Wildman–Crippen MR) is 118 cm³/mol. The zero-order valence-corrected chi connectivity index (χ0v) is 18.5. The van der Waals surface area contributed by atoms with Gasteiger partial charge in [-0.15, -0.1) is 11.8 Å². The van der Waals surface area contributed by atoms with E-state index in [9.17, 15) is 22.8 Å². The summed E-state index contributed by atoms with van der Waals surface area (Å²) in [6, 6.07) is 12.7. The van der Waals surface area contributed by atoms with Gasteiger partial charge < -0.3 is 15.2 Å². The van der Waals surface area contributed by atoms with Gasteiger partial charge in [-0.05, 0) is 36.6 Å². The van der Waals surface area contributed by atoms with Crippen LogP contribution in [0.4, 0.5) is 13.2 Å². The molecule has 10 heteroatoms. The van der Waals surface area contributed by atoms with Gasteiger partial charge in [0.1, 0.15) is 6.04 Å². The molecule has 33 heavy (non-hydrogen) atoms. The summed E-state index contributed by atoms with van der Waals surface area (Å²) in [5.41, 5.74) is 1.81. The SMILES string of the molecule is C[C@]12CCC(=O)N1[C@@H](C(=O)N[C@H](c1ccccc1)c1ccc3nc(C(F)(F)F)[nH]c3c1)CS2. The third kappa shape index (κ3) is 3.86. The lowest BCUT2D eigenvalue weighted by Crippen LogP contribution is -2.50. The molecule has 0 unspecified atom stereocenters. The van der Waals surface area contributed by atoms with E-state index in [1.165, 1.54) is 6.07 Å². The lowest BCUT2D eigenvalue weighted by atomic mass is 9.97. The summed E-state index contributed by atoms with van der Waals surface area (Å²) in [7, 11) is 0. The number of nitrogens with zero attached hydrogens (tertiary/aromatic N) is 2. The molecule has 0 saturated carbocycles. The highest BCUT2D eigenvalue weighted by Crippen LogP contribution is 2.47. The molecule has 2 amide bonds. The first kappa shape index (κ1) is 21.8. The summed E-state index contributed by atoms with van der Waals surface area (Å²) < 4.78 is 39.2. The summed E-state index contributed by atoms with van der Waals surface area (Å²) in [4.78, 5) is 33.1. The quantitative estimate of drug-likeness (QED) is 0.593. The van der Waals surface area contributed by atoms with Gasteiger partial charge in [0.25, 0.3) is 0 Å². The van der Waals surface area contributed by atoms with Crippen LogP contribution in [0, 0.1) is 0 Å². The maximum Gasteiger partial charge on any atom is 0.449 e. The summed E-state index contributed by atoms with van der Waals surface area (Å²) in [6.07, 6.45) is -3.45. The summed E-state index contributed by atoms with van der Waals surface area (Å²) >= 11 is 1.61. The molecular formula is C23H21F3N4O2S. The first-order valence-corrected chi connectivity index (χ1v) is 11.5. The van der Waals surface area contributed by atoms with Crippen molar-refractivity contribution in [2.45, 2.75) is 42.9 Å². The van der Waals surface area contributed by atoms with Crippen molar-refractivity contribution in [3.8, 4) is 0 Å². The van der Waals surface area contributed by atoms with Gasteiger partial charge in [-0.25, -0.2) is 4.98 Å². The number of alkyl halides is 3. The molecule has 2 N–H and O–H groups in total. The van der Waals surface area contributed by atoms with Crippen LogP contribution in [0.3, 0.4) is 0 Å². The van der Waals surface area contributed by atoms with Gasteiger partial charge in [0.2, 0.25) is 17.6 Å². The molecule has 3 heterocycles. The van der Waals surface area contributed by atoms with Crippen LogP contribution >= 0.6 is 11.8 Å². The number of hydrogen-bond acceptors (Lipinski definition) is 4. The number of aromatic amines is 1. The van der Waals surface area contributed by atoms with E-state index in [2.05, 4.69) is 15.3 Å². The van der Waals surface area contributed by atoms with Gasteiger partial charge in [0.15, 0.2) is 0 Å². The third-order valence-electron chi connectivity index (χ3n) is 6.27. The van der Waals surface area contributed by atoms with E-state index in [1.807, 2.05) is 37.3 Å². The number of amides is 2. The Morgan fingerprint density at radius 1 is 1.24 bits per heavy atom. The molecule has 2 aliphatic heterocycles. The highest BCUT2D eigenvalue weighted by molar-refractivity contribution is 8.01. The van der Waals surface area contributed by atoms with Crippen molar-refractivity contribution in [2.75, 3.05) is 5.75 Å². The second-order valence-electron chi connectivity index (χ2n) is 8.48. The summed E-state index contributed by atoms with van der Waals surface area (Å²) in [6.45, 7) is 1.98. The van der Waals surface area contributed by atoms with Crippen molar-refractivity contribution in [1.29, 1.82) is 0 Å². The first-order valence-electron chi connectivity index (χ1n) is 10.5. The first-order chi connectivity index (χ1) is 15.7. The van der Waals surface area contributed by atoms with Gasteiger partial charge in [-0.3, -0.25) is 9.59 Å². The highest BCUT2D eigenvalue weighted by atomic mass is 32.2. The number of hydrogen-bond donors (Lipinski definition) is 2. The van der Waals surface area contributed by atoms with Crippen molar-refractivity contribution in [1.82, 2.24) is 20.2 Å². The highest BCUT2D eigenvalue weighted by Gasteiger charge is 2.53. The summed E-state index contributed by atoms with van der Waals surface area (Å²) in [5, 5.41) is 3.04. The maximum atomic E-state index is 13.3. The molecule has 0 radical (unpaired) electrons. The molecule has 2 aromatic carbocycles. The Hall–Kier alpha value is -3.01. The van der Waals surface area contributed by atoms with E-state index in [-0.39, 0.29) is 27.7 Å². The van der Waals surface area contributed by atoms with Crippen molar-refractivity contribution in [3.05, 3.63) is 65.5 Å². The van der Waals surface area contributed by atoms with Crippen molar-refractivity contribution in [3.63, 3.8) is 0 Å².